The van der Waals surface area contributed by atoms with E-state index in [1.807, 2.05) is 0 Å². The molecule has 0 saturated carbocycles. The summed E-state index contributed by atoms with van der Waals surface area (Å²) in [6.45, 7) is -0.106. The summed E-state index contributed by atoms with van der Waals surface area (Å²) in [5.74, 6) is 0. The van der Waals surface area contributed by atoms with Gasteiger partial charge in [0.2, 0.25) is 0 Å². The van der Waals surface area contributed by atoms with Crippen molar-refractivity contribution in [2.45, 2.75) is 13.0 Å². The van der Waals surface area contributed by atoms with Crippen molar-refractivity contribution >= 4 is 16.8 Å². The fourth-order valence-corrected chi connectivity index (χ4v) is 1.09. The second-order valence-electron chi connectivity index (χ2n) is 2.55. The lowest BCUT2D eigenvalue weighted by Crippen LogP contribution is -2.06. The van der Waals surface area contributed by atoms with Crippen LogP contribution < -0.4 is 5.73 Å². The molecule has 1 aromatic rings. The number of alkyl halides is 2. The predicted octanol–water partition coefficient (Wildman–Crippen LogP) is 1.86. The zero-order chi connectivity index (χ0) is 10.7. The number of nitrogens with two attached hydrogens (primary N) is 1. The average molecular weight is 221 g/mol. The van der Waals surface area contributed by atoms with Crippen molar-refractivity contribution in [3.63, 3.8) is 0 Å². The lowest BCUT2D eigenvalue weighted by molar-refractivity contribution is 0.107. The molecule has 0 aliphatic heterocycles. The van der Waals surface area contributed by atoms with Gasteiger partial charge in [0, 0.05) is 12.7 Å². The second kappa shape index (κ2) is 4.43. The minimum Gasteiger partial charge on any atom is -0.326 e. The minimum atomic E-state index is -2.70. The van der Waals surface area contributed by atoms with E-state index in [-0.39, 0.29) is 17.7 Å². The van der Waals surface area contributed by atoms with Crippen LogP contribution in [0.25, 0.3) is 0 Å². The monoisotopic (exact) mass is 220 g/mol. The Morgan fingerprint density at radius 3 is 2.71 bits per heavy atom. The largest absolute Gasteiger partial charge is 0.326 e. The van der Waals surface area contributed by atoms with Crippen LogP contribution in [0.4, 0.5) is 8.78 Å². The number of pyridine rings is 1. The Labute approximate surface area is 83.9 Å². The number of carbonyl (C=O) groups excluding carboxylic acids is 1. The van der Waals surface area contributed by atoms with Crippen molar-refractivity contribution in [2.75, 3.05) is 0 Å². The van der Waals surface area contributed by atoms with Crippen molar-refractivity contribution in [1.82, 2.24) is 4.98 Å². The van der Waals surface area contributed by atoms with E-state index >= 15 is 0 Å². The quantitative estimate of drug-likeness (QED) is 0.791. The molecule has 0 amide bonds. The maximum atomic E-state index is 12.3. The molecule has 1 aromatic heterocycles. The first-order valence-electron chi connectivity index (χ1n) is 3.73. The Bertz CT molecular complexity index is 357. The molecule has 0 radical (unpaired) electrons. The van der Waals surface area contributed by atoms with Crippen LogP contribution in [0.5, 0.6) is 0 Å². The molecule has 0 atom stereocenters. The van der Waals surface area contributed by atoms with Crippen molar-refractivity contribution in [1.29, 1.82) is 0 Å². The van der Waals surface area contributed by atoms with E-state index < -0.39 is 17.4 Å². The number of aromatic nitrogens is 1. The van der Waals surface area contributed by atoms with Crippen LogP contribution in [0.15, 0.2) is 12.3 Å². The van der Waals surface area contributed by atoms with Crippen molar-refractivity contribution in [3.05, 3.63) is 29.1 Å². The SMILES string of the molecule is NCc1cc(C(=O)Cl)cnc1C(F)F. The van der Waals surface area contributed by atoms with Crippen LogP contribution >= 0.6 is 11.6 Å². The standard InChI is InChI=1S/C8H7ClF2N2O/c9-7(14)5-1-4(2-12)6(8(10)11)13-3-5/h1,3,8H,2,12H2. The van der Waals surface area contributed by atoms with Crippen LogP contribution in [0.2, 0.25) is 0 Å². The number of halogens is 3. The summed E-state index contributed by atoms with van der Waals surface area (Å²) in [5, 5.41) is -0.743. The molecule has 0 spiro atoms. The molecule has 0 aliphatic carbocycles. The molecule has 1 rings (SSSR count). The highest BCUT2D eigenvalue weighted by Gasteiger charge is 2.15. The fourth-order valence-electron chi connectivity index (χ4n) is 0.988. The van der Waals surface area contributed by atoms with Crippen LogP contribution in [0.1, 0.15) is 28.0 Å². The predicted molar refractivity (Wildman–Crippen MR) is 47.3 cm³/mol. The van der Waals surface area contributed by atoms with E-state index in [1.54, 1.807) is 0 Å². The van der Waals surface area contributed by atoms with Gasteiger partial charge >= 0.3 is 0 Å². The number of hydrogen-bond donors (Lipinski definition) is 1. The molecule has 0 saturated heterocycles. The van der Waals surface area contributed by atoms with Gasteiger partial charge in [-0.05, 0) is 23.2 Å². The van der Waals surface area contributed by atoms with Crippen molar-refractivity contribution < 1.29 is 13.6 Å². The summed E-state index contributed by atoms with van der Waals surface area (Å²) in [6.07, 6.45) is -1.69. The van der Waals surface area contributed by atoms with E-state index in [4.69, 9.17) is 17.3 Å². The number of hydrogen-bond acceptors (Lipinski definition) is 3. The van der Waals surface area contributed by atoms with Gasteiger partial charge in [-0.2, -0.15) is 0 Å². The van der Waals surface area contributed by atoms with Gasteiger partial charge in [0.15, 0.2) is 0 Å². The van der Waals surface area contributed by atoms with Gasteiger partial charge < -0.3 is 5.73 Å². The van der Waals surface area contributed by atoms with Gasteiger partial charge in [-0.15, -0.1) is 0 Å². The lowest BCUT2D eigenvalue weighted by Gasteiger charge is -2.06. The van der Waals surface area contributed by atoms with Gasteiger partial charge in [0.05, 0.1) is 5.56 Å². The number of nitrogens with zero attached hydrogens (tertiary/aromatic N) is 1. The van der Waals surface area contributed by atoms with Crippen LogP contribution in [0.3, 0.4) is 0 Å². The summed E-state index contributed by atoms with van der Waals surface area (Å²) in [6, 6.07) is 1.23. The van der Waals surface area contributed by atoms with Crippen LogP contribution in [-0.4, -0.2) is 10.2 Å². The number of carbonyl (C=O) groups is 1. The minimum absolute atomic E-state index is 0.0662. The first-order valence-corrected chi connectivity index (χ1v) is 4.11. The summed E-state index contributed by atoms with van der Waals surface area (Å²) < 4.78 is 24.6. The van der Waals surface area contributed by atoms with E-state index in [9.17, 15) is 13.6 Å². The maximum Gasteiger partial charge on any atom is 0.280 e. The first-order chi connectivity index (χ1) is 6.56. The highest BCUT2D eigenvalue weighted by Crippen LogP contribution is 2.21. The van der Waals surface area contributed by atoms with E-state index in [0.29, 0.717) is 0 Å². The Hall–Kier alpha value is -1.07. The molecule has 0 aliphatic rings. The highest BCUT2D eigenvalue weighted by molar-refractivity contribution is 6.67. The Balaban J connectivity index is 3.18. The van der Waals surface area contributed by atoms with Crippen LogP contribution in [0, 0.1) is 0 Å². The Morgan fingerprint density at radius 1 is 1.64 bits per heavy atom. The molecule has 0 unspecified atom stereocenters. The molecule has 2 N–H and O–H groups in total. The molecule has 14 heavy (non-hydrogen) atoms. The zero-order valence-corrected chi connectivity index (χ0v) is 7.76. The molecule has 3 nitrogen and oxygen atoms in total. The topological polar surface area (TPSA) is 56.0 Å². The molecular weight excluding hydrogens is 214 g/mol. The van der Waals surface area contributed by atoms with E-state index in [0.717, 1.165) is 6.20 Å². The fraction of sp³-hybridized carbons (Fsp3) is 0.250. The second-order valence-corrected chi connectivity index (χ2v) is 2.89. The molecule has 76 valence electrons. The average Bonchev–Trinajstić information content (AvgIpc) is 2.16. The van der Waals surface area contributed by atoms with Crippen LogP contribution in [-0.2, 0) is 6.54 Å². The summed E-state index contributed by atoms with van der Waals surface area (Å²) in [7, 11) is 0. The maximum absolute atomic E-state index is 12.3. The summed E-state index contributed by atoms with van der Waals surface area (Å²) in [4.78, 5) is 14.1. The van der Waals surface area contributed by atoms with E-state index in [2.05, 4.69) is 4.98 Å². The van der Waals surface area contributed by atoms with Gasteiger partial charge in [0.1, 0.15) is 5.69 Å². The highest BCUT2D eigenvalue weighted by atomic mass is 35.5. The lowest BCUT2D eigenvalue weighted by atomic mass is 10.1. The Morgan fingerprint density at radius 2 is 2.29 bits per heavy atom. The third-order valence-corrected chi connectivity index (χ3v) is 1.87. The Kier molecular flexibility index (Phi) is 3.49. The third-order valence-electron chi connectivity index (χ3n) is 1.66. The normalized spacial score (nSPS) is 10.6. The van der Waals surface area contributed by atoms with Gasteiger partial charge in [-0.1, -0.05) is 0 Å². The summed E-state index contributed by atoms with van der Waals surface area (Å²) >= 11 is 5.16. The molecule has 6 heteroatoms. The van der Waals surface area contributed by atoms with Gasteiger partial charge in [-0.3, -0.25) is 9.78 Å². The van der Waals surface area contributed by atoms with Crippen molar-refractivity contribution in [2.24, 2.45) is 5.73 Å². The zero-order valence-electron chi connectivity index (χ0n) is 7.01. The van der Waals surface area contributed by atoms with Gasteiger partial charge in [0.25, 0.3) is 11.7 Å². The molecule has 0 bridgehead atoms. The molecule has 0 fully saturated rings. The molecule has 0 aromatic carbocycles. The molecular formula is C8H7ClF2N2O. The number of rotatable bonds is 3. The van der Waals surface area contributed by atoms with Crippen molar-refractivity contribution in [3.8, 4) is 0 Å². The first kappa shape index (κ1) is 11.0. The van der Waals surface area contributed by atoms with E-state index in [1.165, 1.54) is 6.07 Å². The smallest absolute Gasteiger partial charge is 0.280 e. The van der Waals surface area contributed by atoms with Gasteiger partial charge in [-0.25, -0.2) is 8.78 Å². The molecule has 1 heterocycles. The summed E-state index contributed by atoms with van der Waals surface area (Å²) in [5.41, 5.74) is 5.02. The third kappa shape index (κ3) is 2.24.